The number of aromatic nitrogens is 3. The molecule has 0 unspecified atom stereocenters. The zero-order valence-corrected chi connectivity index (χ0v) is 27.4. The minimum Gasteiger partial charge on any atom is -0.486 e. The standard InChI is InChI=1S/C29H27N2O.C11H8N.Ir/c1-19-8-13-24-23-6-5-7-25(27(23)32-28(24)31-19)26-17-22(14-15-30-26)16-20-9-11-21(12-10-20)18-29(2,3)4;1-2-6-10(7-3-1)11-8-4-5-9-12-11;/h5-6,8-15,17H,16,18H2,1-4H3;1-6,8-9H;/q2*-1;/i1D3,16D2,18D2;;. The molecule has 4 heterocycles. The summed E-state index contributed by atoms with van der Waals surface area (Å²) in [5.41, 5.74) is 4.15. The molecule has 0 amide bonds. The molecule has 7 rings (SSSR count). The van der Waals surface area contributed by atoms with Crippen LogP contribution in [0.2, 0.25) is 0 Å². The van der Waals surface area contributed by atoms with Crippen LogP contribution in [0.1, 0.15) is 52.8 Å². The van der Waals surface area contributed by atoms with E-state index in [9.17, 15) is 0 Å². The first-order chi connectivity index (χ1) is 24.1. The van der Waals surface area contributed by atoms with Crippen LogP contribution in [0.4, 0.5) is 0 Å². The van der Waals surface area contributed by atoms with Crippen LogP contribution < -0.4 is 0 Å². The van der Waals surface area contributed by atoms with Gasteiger partial charge in [-0.15, -0.1) is 54.1 Å². The Morgan fingerprint density at radius 1 is 0.756 bits per heavy atom. The molecule has 0 fully saturated rings. The smallest absolute Gasteiger partial charge is 0.216 e. The third-order valence-electron chi connectivity index (χ3n) is 6.66. The van der Waals surface area contributed by atoms with E-state index >= 15 is 0 Å². The molecule has 3 aromatic carbocycles. The van der Waals surface area contributed by atoms with E-state index in [1.807, 2.05) is 69.3 Å². The quantitative estimate of drug-likeness (QED) is 0.164. The number of hydrogen-bond donors (Lipinski definition) is 0. The van der Waals surface area contributed by atoms with Crippen LogP contribution in [0.25, 0.3) is 44.6 Å². The predicted octanol–water partition coefficient (Wildman–Crippen LogP) is 9.88. The SMILES string of the molecule is [2H]C([2H])([2H])c1ccc2c(n1)oc1c(-c3cc(C([2H])([2H])c4ccc(C([2H])([2H])C(C)(C)C)cc4)ccn3)[c-]ccc12.[Ir].[c-]1ccccc1-c1ccccn1. The van der Waals surface area contributed by atoms with Crippen molar-refractivity contribution in [3.05, 3.63) is 150 Å². The molecule has 0 aliphatic heterocycles. The van der Waals surface area contributed by atoms with Crippen LogP contribution in [0.3, 0.4) is 0 Å². The Kier molecular flexibility index (Phi) is 7.49. The summed E-state index contributed by atoms with van der Waals surface area (Å²) in [6.07, 6.45) is -0.156. The fraction of sp³-hybridized carbons (Fsp3) is 0.175. The molecule has 0 N–H and O–H groups in total. The van der Waals surface area contributed by atoms with Gasteiger partial charge in [-0.2, -0.15) is 0 Å². The Balaban J connectivity index is 0.000000339. The molecule has 5 heteroatoms. The average Bonchev–Trinajstić information content (AvgIpc) is 3.50. The molecule has 0 saturated carbocycles. The second kappa shape index (κ2) is 14.1. The van der Waals surface area contributed by atoms with E-state index in [0.717, 1.165) is 16.6 Å². The van der Waals surface area contributed by atoms with Gasteiger partial charge in [-0.25, -0.2) is 4.98 Å². The van der Waals surface area contributed by atoms with Gasteiger partial charge in [0.05, 0.1) is 5.58 Å². The molecule has 0 bridgehead atoms. The van der Waals surface area contributed by atoms with Crippen molar-refractivity contribution in [2.75, 3.05) is 0 Å². The topological polar surface area (TPSA) is 51.8 Å². The number of nitrogens with zero attached hydrogens (tertiary/aromatic N) is 3. The van der Waals surface area contributed by atoms with Crippen LogP contribution in [0.5, 0.6) is 0 Å². The van der Waals surface area contributed by atoms with Crippen LogP contribution >= 0.6 is 0 Å². The number of rotatable bonds is 5. The molecule has 227 valence electrons. The Morgan fingerprint density at radius 3 is 2.29 bits per heavy atom. The molecule has 0 spiro atoms. The minimum atomic E-state index is -2.36. The van der Waals surface area contributed by atoms with Crippen molar-refractivity contribution >= 4 is 22.1 Å². The van der Waals surface area contributed by atoms with Crippen molar-refractivity contribution in [2.24, 2.45) is 5.41 Å². The first-order valence-electron chi connectivity index (χ1n) is 17.8. The summed E-state index contributed by atoms with van der Waals surface area (Å²) in [5.74, 6) is 0. The maximum atomic E-state index is 8.90. The van der Waals surface area contributed by atoms with Crippen molar-refractivity contribution in [2.45, 2.75) is 40.4 Å². The molecular weight excluding hydrogens is 731 g/mol. The van der Waals surface area contributed by atoms with Gasteiger partial charge < -0.3 is 14.4 Å². The van der Waals surface area contributed by atoms with Crippen LogP contribution in [-0.4, -0.2) is 15.0 Å². The Bertz CT molecular complexity index is 2250. The van der Waals surface area contributed by atoms with Gasteiger partial charge >= 0.3 is 0 Å². The average molecular weight is 773 g/mol. The van der Waals surface area contributed by atoms with Crippen LogP contribution in [0.15, 0.2) is 120 Å². The summed E-state index contributed by atoms with van der Waals surface area (Å²) >= 11 is 0. The molecular formula is C40H35IrN3O-2. The number of pyridine rings is 3. The van der Waals surface area contributed by atoms with E-state index < -0.39 is 25.0 Å². The van der Waals surface area contributed by atoms with Gasteiger partial charge in [0.15, 0.2) is 0 Å². The summed E-state index contributed by atoms with van der Waals surface area (Å²) in [6, 6.07) is 36.4. The van der Waals surface area contributed by atoms with Gasteiger partial charge in [-0.1, -0.05) is 74.2 Å². The van der Waals surface area contributed by atoms with Crippen molar-refractivity contribution in [3.8, 4) is 22.5 Å². The fourth-order valence-electron chi connectivity index (χ4n) is 4.77. The number of benzene rings is 3. The zero-order valence-electron chi connectivity index (χ0n) is 32.1. The molecule has 0 aliphatic rings. The largest absolute Gasteiger partial charge is 0.486 e. The fourth-order valence-corrected chi connectivity index (χ4v) is 4.77. The molecule has 45 heavy (non-hydrogen) atoms. The maximum absolute atomic E-state index is 8.90. The monoisotopic (exact) mass is 773 g/mol. The van der Waals surface area contributed by atoms with Gasteiger partial charge in [-0.3, -0.25) is 0 Å². The Labute approximate surface area is 288 Å². The second-order valence-corrected chi connectivity index (χ2v) is 11.2. The van der Waals surface area contributed by atoms with Gasteiger partial charge in [0.2, 0.25) is 5.71 Å². The third-order valence-corrected chi connectivity index (χ3v) is 6.66. The minimum absolute atomic E-state index is 0. The van der Waals surface area contributed by atoms with E-state index in [1.165, 1.54) is 12.3 Å². The van der Waals surface area contributed by atoms with Crippen molar-refractivity contribution < 1.29 is 34.1 Å². The van der Waals surface area contributed by atoms with Crippen molar-refractivity contribution in [1.29, 1.82) is 0 Å². The van der Waals surface area contributed by atoms with Gasteiger partial charge in [0, 0.05) is 53.2 Å². The summed E-state index contributed by atoms with van der Waals surface area (Å²) < 4.78 is 63.7. The normalized spacial score (nSPS) is 14.3. The number of hydrogen-bond acceptors (Lipinski definition) is 4. The number of fused-ring (bicyclic) bond motifs is 3. The van der Waals surface area contributed by atoms with Crippen molar-refractivity contribution in [1.82, 2.24) is 15.0 Å². The summed E-state index contributed by atoms with van der Waals surface area (Å²) in [5, 5.41) is 1.39. The molecule has 0 atom stereocenters. The molecule has 0 saturated heterocycles. The van der Waals surface area contributed by atoms with E-state index in [0.29, 0.717) is 38.9 Å². The van der Waals surface area contributed by atoms with Gasteiger partial charge in [-0.05, 0) is 77.4 Å². The summed E-state index contributed by atoms with van der Waals surface area (Å²) in [6.45, 7) is 3.14. The molecule has 1 radical (unpaired) electrons. The summed E-state index contributed by atoms with van der Waals surface area (Å²) in [7, 11) is 0. The maximum Gasteiger partial charge on any atom is 0.216 e. The van der Waals surface area contributed by atoms with Gasteiger partial charge in [0.25, 0.3) is 0 Å². The molecule has 4 nitrogen and oxygen atoms in total. The second-order valence-electron chi connectivity index (χ2n) is 11.2. The third kappa shape index (κ3) is 7.99. The first kappa shape index (κ1) is 23.9. The molecule has 7 aromatic rings. The molecule has 4 aromatic heterocycles. The molecule has 0 aliphatic carbocycles. The van der Waals surface area contributed by atoms with E-state index in [1.54, 1.807) is 54.7 Å². The first-order valence-corrected chi connectivity index (χ1v) is 14.3. The number of aryl methyl sites for hydroxylation is 1. The predicted molar refractivity (Wildman–Crippen MR) is 179 cm³/mol. The summed E-state index contributed by atoms with van der Waals surface area (Å²) in [4.78, 5) is 12.9. The zero-order chi connectivity index (χ0) is 36.6. The van der Waals surface area contributed by atoms with Gasteiger partial charge in [0.1, 0.15) is 0 Å². The van der Waals surface area contributed by atoms with Crippen molar-refractivity contribution in [3.63, 3.8) is 0 Å². The van der Waals surface area contributed by atoms with E-state index in [-0.39, 0.29) is 31.5 Å². The van der Waals surface area contributed by atoms with E-state index in [4.69, 9.17) is 14.0 Å². The number of furan rings is 1. The van der Waals surface area contributed by atoms with Crippen LogP contribution in [-0.2, 0) is 32.9 Å². The van der Waals surface area contributed by atoms with Crippen LogP contribution in [0, 0.1) is 24.4 Å². The Morgan fingerprint density at radius 2 is 1.56 bits per heavy atom. The van der Waals surface area contributed by atoms with E-state index in [2.05, 4.69) is 27.1 Å². The Hall–Kier alpha value is -4.44.